The van der Waals surface area contributed by atoms with Crippen molar-refractivity contribution in [2.75, 3.05) is 6.61 Å². The topological polar surface area (TPSA) is 72.9 Å². The molecular formula is C10H15NO5. The highest BCUT2D eigenvalue weighted by Gasteiger charge is 2.33. The van der Waals surface area contributed by atoms with Crippen LogP contribution in [0, 0.1) is 5.92 Å². The number of carbonyl (C=O) groups is 3. The molecule has 90 valence electrons. The lowest BCUT2D eigenvalue weighted by Gasteiger charge is -2.13. The van der Waals surface area contributed by atoms with Crippen LogP contribution < -0.4 is 0 Å². The second-order valence-electron chi connectivity index (χ2n) is 3.75. The first kappa shape index (κ1) is 12.5. The lowest BCUT2D eigenvalue weighted by Crippen LogP contribution is -2.32. The summed E-state index contributed by atoms with van der Waals surface area (Å²) in [4.78, 5) is 37.8. The van der Waals surface area contributed by atoms with Crippen molar-refractivity contribution in [1.29, 1.82) is 0 Å². The molecule has 0 spiro atoms. The molecule has 0 aromatic carbocycles. The van der Waals surface area contributed by atoms with Gasteiger partial charge in [-0.15, -0.1) is 0 Å². The molecular weight excluding hydrogens is 214 g/mol. The number of hydrogen-bond donors (Lipinski definition) is 0. The third-order valence-electron chi connectivity index (χ3n) is 2.35. The van der Waals surface area contributed by atoms with Crippen molar-refractivity contribution >= 4 is 18.0 Å². The Morgan fingerprint density at radius 1 is 1.38 bits per heavy atom. The standard InChI is InChI=1S/C10H15NO5/c1-3-7(2)6-15-10(14)16-11-8(12)4-5-9(11)13/h7H,3-6H2,1-2H3. The fraction of sp³-hybridized carbons (Fsp3) is 0.700. The van der Waals surface area contributed by atoms with E-state index < -0.39 is 18.0 Å². The van der Waals surface area contributed by atoms with Crippen LogP contribution in [0.5, 0.6) is 0 Å². The number of hydrogen-bond acceptors (Lipinski definition) is 5. The van der Waals surface area contributed by atoms with Crippen LogP contribution in [-0.4, -0.2) is 29.6 Å². The third kappa shape index (κ3) is 3.22. The summed E-state index contributed by atoms with van der Waals surface area (Å²) in [5.41, 5.74) is 0. The van der Waals surface area contributed by atoms with Crippen molar-refractivity contribution in [3.8, 4) is 0 Å². The molecule has 0 saturated carbocycles. The number of carbonyl (C=O) groups excluding carboxylic acids is 3. The van der Waals surface area contributed by atoms with Gasteiger partial charge < -0.3 is 4.74 Å². The molecule has 6 heteroatoms. The van der Waals surface area contributed by atoms with Crippen LogP contribution in [-0.2, 0) is 19.2 Å². The van der Waals surface area contributed by atoms with Crippen molar-refractivity contribution < 1.29 is 24.0 Å². The smallest absolute Gasteiger partial charge is 0.432 e. The molecule has 16 heavy (non-hydrogen) atoms. The summed E-state index contributed by atoms with van der Waals surface area (Å²) in [7, 11) is 0. The van der Waals surface area contributed by atoms with Gasteiger partial charge in [-0.1, -0.05) is 25.3 Å². The van der Waals surface area contributed by atoms with E-state index in [2.05, 4.69) is 4.84 Å². The van der Waals surface area contributed by atoms with Gasteiger partial charge in [-0.2, -0.15) is 0 Å². The Kier molecular flexibility index (Phi) is 4.28. The zero-order valence-electron chi connectivity index (χ0n) is 9.39. The summed E-state index contributed by atoms with van der Waals surface area (Å²) in [5.74, 6) is -0.798. The molecule has 0 radical (unpaired) electrons. The highest BCUT2D eigenvalue weighted by Crippen LogP contribution is 2.12. The van der Waals surface area contributed by atoms with Gasteiger partial charge in [0.25, 0.3) is 11.8 Å². The lowest BCUT2D eigenvalue weighted by molar-refractivity contribution is -0.177. The maximum atomic E-state index is 11.1. The number of ether oxygens (including phenoxy) is 1. The molecule has 2 amide bonds. The van der Waals surface area contributed by atoms with Crippen molar-refractivity contribution in [3.05, 3.63) is 0 Å². The molecule has 1 rings (SSSR count). The fourth-order valence-electron chi connectivity index (χ4n) is 1.09. The third-order valence-corrected chi connectivity index (χ3v) is 2.35. The molecule has 1 saturated heterocycles. The van der Waals surface area contributed by atoms with Crippen LogP contribution in [0.15, 0.2) is 0 Å². The Balaban J connectivity index is 2.34. The Bertz CT molecular complexity index is 286. The van der Waals surface area contributed by atoms with Crippen molar-refractivity contribution in [3.63, 3.8) is 0 Å². The molecule has 1 aliphatic heterocycles. The minimum Gasteiger partial charge on any atom is -0.432 e. The fourth-order valence-corrected chi connectivity index (χ4v) is 1.09. The summed E-state index contributed by atoms with van der Waals surface area (Å²) in [5, 5.41) is 0.471. The molecule has 1 heterocycles. The zero-order valence-corrected chi connectivity index (χ0v) is 9.39. The van der Waals surface area contributed by atoms with E-state index in [1.807, 2.05) is 13.8 Å². The maximum Gasteiger partial charge on any atom is 0.533 e. The van der Waals surface area contributed by atoms with Crippen molar-refractivity contribution in [2.45, 2.75) is 33.1 Å². The summed E-state index contributed by atoms with van der Waals surface area (Å²) >= 11 is 0. The minimum atomic E-state index is -1.01. The molecule has 1 fully saturated rings. The van der Waals surface area contributed by atoms with E-state index in [4.69, 9.17) is 4.74 Å². The number of amides is 2. The van der Waals surface area contributed by atoms with E-state index in [0.717, 1.165) is 6.42 Å². The second kappa shape index (κ2) is 5.48. The van der Waals surface area contributed by atoms with Gasteiger partial charge in [0.2, 0.25) is 0 Å². The second-order valence-corrected chi connectivity index (χ2v) is 3.75. The van der Waals surface area contributed by atoms with Gasteiger partial charge >= 0.3 is 6.16 Å². The predicted molar refractivity (Wildman–Crippen MR) is 53.0 cm³/mol. The maximum absolute atomic E-state index is 11.1. The number of hydroxylamine groups is 2. The van der Waals surface area contributed by atoms with E-state index in [0.29, 0.717) is 5.06 Å². The molecule has 0 aromatic rings. The molecule has 6 nitrogen and oxygen atoms in total. The summed E-state index contributed by atoms with van der Waals surface area (Å²) in [6.45, 7) is 4.10. The molecule has 1 aliphatic rings. The van der Waals surface area contributed by atoms with E-state index in [1.54, 1.807) is 0 Å². The van der Waals surface area contributed by atoms with Crippen LogP contribution in [0.3, 0.4) is 0 Å². The highest BCUT2D eigenvalue weighted by atomic mass is 16.8. The molecule has 0 aromatic heterocycles. The first-order chi connectivity index (χ1) is 7.54. The van der Waals surface area contributed by atoms with E-state index in [-0.39, 0.29) is 25.4 Å². The van der Waals surface area contributed by atoms with Gasteiger partial charge in [0.15, 0.2) is 0 Å². The van der Waals surface area contributed by atoms with E-state index in [9.17, 15) is 14.4 Å². The first-order valence-electron chi connectivity index (χ1n) is 5.25. The van der Waals surface area contributed by atoms with Crippen molar-refractivity contribution in [1.82, 2.24) is 5.06 Å². The van der Waals surface area contributed by atoms with Gasteiger partial charge in [0, 0.05) is 12.8 Å². The van der Waals surface area contributed by atoms with Crippen LogP contribution >= 0.6 is 0 Å². The average molecular weight is 229 g/mol. The Hall–Kier alpha value is -1.59. The molecule has 0 N–H and O–H groups in total. The van der Waals surface area contributed by atoms with Crippen LogP contribution in [0.1, 0.15) is 33.1 Å². The predicted octanol–water partition coefficient (Wildman–Crippen LogP) is 1.25. The molecule has 1 atom stereocenters. The van der Waals surface area contributed by atoms with Crippen LogP contribution in [0.4, 0.5) is 4.79 Å². The van der Waals surface area contributed by atoms with Crippen LogP contribution in [0.25, 0.3) is 0 Å². The minimum absolute atomic E-state index is 0.0808. The number of nitrogens with zero attached hydrogens (tertiary/aromatic N) is 1. The van der Waals surface area contributed by atoms with E-state index >= 15 is 0 Å². The number of rotatable bonds is 4. The summed E-state index contributed by atoms with van der Waals surface area (Å²) in [6, 6.07) is 0. The Morgan fingerprint density at radius 3 is 2.44 bits per heavy atom. The molecule has 1 unspecified atom stereocenters. The quantitative estimate of drug-likeness (QED) is 0.535. The molecule has 0 aliphatic carbocycles. The SMILES string of the molecule is CCC(C)COC(=O)ON1C(=O)CCC1=O. The summed E-state index contributed by atoms with van der Waals surface area (Å²) in [6.07, 6.45) is 0.0213. The van der Waals surface area contributed by atoms with Gasteiger partial charge in [-0.25, -0.2) is 4.79 Å². The largest absolute Gasteiger partial charge is 0.533 e. The summed E-state index contributed by atoms with van der Waals surface area (Å²) < 4.78 is 4.75. The Morgan fingerprint density at radius 2 is 1.94 bits per heavy atom. The van der Waals surface area contributed by atoms with Gasteiger partial charge in [0.05, 0.1) is 6.61 Å². The molecule has 0 bridgehead atoms. The highest BCUT2D eigenvalue weighted by molar-refractivity contribution is 6.01. The lowest BCUT2D eigenvalue weighted by atomic mass is 10.1. The first-order valence-corrected chi connectivity index (χ1v) is 5.25. The monoisotopic (exact) mass is 229 g/mol. The number of imide groups is 1. The van der Waals surface area contributed by atoms with Gasteiger partial charge in [-0.3, -0.25) is 14.4 Å². The van der Waals surface area contributed by atoms with Crippen LogP contribution in [0.2, 0.25) is 0 Å². The zero-order chi connectivity index (χ0) is 12.1. The van der Waals surface area contributed by atoms with Gasteiger partial charge in [0.1, 0.15) is 0 Å². The van der Waals surface area contributed by atoms with E-state index in [1.165, 1.54) is 0 Å². The average Bonchev–Trinajstić information content (AvgIpc) is 2.57. The Labute approximate surface area is 93.4 Å². The van der Waals surface area contributed by atoms with Crippen molar-refractivity contribution in [2.24, 2.45) is 5.92 Å². The van der Waals surface area contributed by atoms with Gasteiger partial charge in [-0.05, 0) is 5.92 Å². The normalized spacial score (nSPS) is 17.5.